The number of esters is 1. The maximum atomic E-state index is 12.3. The summed E-state index contributed by atoms with van der Waals surface area (Å²) in [5.74, 6) is -0.229. The summed E-state index contributed by atoms with van der Waals surface area (Å²) in [5.41, 5.74) is 1.41. The van der Waals surface area contributed by atoms with Gasteiger partial charge in [-0.3, -0.25) is 5.32 Å². The van der Waals surface area contributed by atoms with Gasteiger partial charge < -0.3 is 4.74 Å². The summed E-state index contributed by atoms with van der Waals surface area (Å²) in [5, 5.41) is 3.32. The molecule has 0 aliphatic carbocycles. The van der Waals surface area contributed by atoms with E-state index in [-0.39, 0.29) is 12.0 Å². The monoisotopic (exact) mass is 263 g/mol. The topological polar surface area (TPSA) is 38.3 Å². The average Bonchev–Trinajstić information content (AvgIpc) is 2.38. The first-order chi connectivity index (χ1) is 8.93. The van der Waals surface area contributed by atoms with Crippen LogP contribution >= 0.6 is 0 Å². The SMILES string of the molecule is CCOC(=O)C(C)(NC(C)C)c1ccc(CC)cc1. The third kappa shape index (κ3) is 3.80. The van der Waals surface area contributed by atoms with Crippen LogP contribution < -0.4 is 5.32 Å². The molecule has 0 radical (unpaired) electrons. The molecular formula is C16H25NO2. The Balaban J connectivity index is 3.10. The Morgan fingerprint density at radius 3 is 2.26 bits per heavy atom. The van der Waals surface area contributed by atoms with E-state index < -0.39 is 5.54 Å². The maximum absolute atomic E-state index is 12.3. The second kappa shape index (κ2) is 6.71. The molecule has 0 aromatic heterocycles. The Kier molecular flexibility index (Phi) is 5.55. The van der Waals surface area contributed by atoms with Crippen molar-refractivity contribution >= 4 is 5.97 Å². The standard InChI is InChI=1S/C16H25NO2/c1-6-13-8-10-14(11-9-13)16(5,17-12(3)4)15(18)19-7-2/h8-12,17H,6-7H2,1-5H3. The van der Waals surface area contributed by atoms with E-state index in [9.17, 15) is 4.79 Å². The van der Waals surface area contributed by atoms with Crippen molar-refractivity contribution in [1.82, 2.24) is 5.32 Å². The van der Waals surface area contributed by atoms with Crippen molar-refractivity contribution in [3.05, 3.63) is 35.4 Å². The highest BCUT2D eigenvalue weighted by Crippen LogP contribution is 2.24. The predicted octanol–water partition coefficient (Wildman–Crippen LogP) is 3.03. The third-order valence-electron chi connectivity index (χ3n) is 3.20. The zero-order valence-corrected chi connectivity index (χ0v) is 12.6. The van der Waals surface area contributed by atoms with Crippen molar-refractivity contribution in [3.63, 3.8) is 0 Å². The highest BCUT2D eigenvalue weighted by Gasteiger charge is 2.36. The number of ether oxygens (including phenoxy) is 1. The Bertz CT molecular complexity index is 411. The lowest BCUT2D eigenvalue weighted by Crippen LogP contribution is -2.50. The molecule has 1 atom stereocenters. The van der Waals surface area contributed by atoms with Gasteiger partial charge in [-0.25, -0.2) is 4.79 Å². The quantitative estimate of drug-likeness (QED) is 0.802. The Hall–Kier alpha value is -1.35. The van der Waals surface area contributed by atoms with E-state index in [1.165, 1.54) is 5.56 Å². The molecule has 0 aliphatic rings. The van der Waals surface area contributed by atoms with E-state index in [1.54, 1.807) is 0 Å². The van der Waals surface area contributed by atoms with Gasteiger partial charge in [0.2, 0.25) is 0 Å². The lowest BCUT2D eigenvalue weighted by atomic mass is 9.90. The van der Waals surface area contributed by atoms with Crippen molar-refractivity contribution in [3.8, 4) is 0 Å². The number of hydrogen-bond donors (Lipinski definition) is 1. The molecule has 0 heterocycles. The number of benzene rings is 1. The summed E-state index contributed by atoms with van der Waals surface area (Å²) in [6.45, 7) is 10.3. The van der Waals surface area contributed by atoms with Gasteiger partial charge in [0.1, 0.15) is 5.54 Å². The second-order valence-corrected chi connectivity index (χ2v) is 5.19. The fourth-order valence-corrected chi connectivity index (χ4v) is 2.19. The van der Waals surface area contributed by atoms with E-state index in [0.717, 1.165) is 12.0 Å². The molecule has 19 heavy (non-hydrogen) atoms. The summed E-state index contributed by atoms with van der Waals surface area (Å²) < 4.78 is 5.22. The average molecular weight is 263 g/mol. The lowest BCUT2D eigenvalue weighted by molar-refractivity contribution is -0.151. The lowest BCUT2D eigenvalue weighted by Gasteiger charge is -2.31. The highest BCUT2D eigenvalue weighted by molar-refractivity contribution is 5.82. The van der Waals surface area contributed by atoms with Crippen LogP contribution in [0.5, 0.6) is 0 Å². The first kappa shape index (κ1) is 15.7. The normalized spacial score (nSPS) is 14.2. The van der Waals surface area contributed by atoms with Gasteiger partial charge in [-0.15, -0.1) is 0 Å². The minimum Gasteiger partial charge on any atom is -0.464 e. The van der Waals surface area contributed by atoms with Gasteiger partial charge in [0.25, 0.3) is 0 Å². The van der Waals surface area contributed by atoms with E-state index in [4.69, 9.17) is 4.74 Å². The van der Waals surface area contributed by atoms with Crippen molar-refractivity contribution in [2.24, 2.45) is 0 Å². The van der Waals surface area contributed by atoms with Gasteiger partial charge >= 0.3 is 5.97 Å². The Labute approximate surface area is 116 Å². The highest BCUT2D eigenvalue weighted by atomic mass is 16.5. The summed E-state index contributed by atoms with van der Waals surface area (Å²) in [4.78, 5) is 12.3. The van der Waals surface area contributed by atoms with Crippen molar-refractivity contribution in [2.45, 2.75) is 52.6 Å². The van der Waals surface area contributed by atoms with E-state index in [1.807, 2.05) is 39.8 Å². The molecular weight excluding hydrogens is 238 g/mol. The number of carbonyl (C=O) groups excluding carboxylic acids is 1. The molecule has 0 saturated heterocycles. The number of nitrogens with one attached hydrogen (secondary N) is 1. The minimum atomic E-state index is -0.795. The fraction of sp³-hybridized carbons (Fsp3) is 0.562. The van der Waals surface area contributed by atoms with Gasteiger partial charge in [0.05, 0.1) is 6.61 Å². The molecule has 0 saturated carbocycles. The molecule has 1 unspecified atom stereocenters. The molecule has 0 bridgehead atoms. The molecule has 3 heteroatoms. The first-order valence-corrected chi connectivity index (χ1v) is 6.98. The van der Waals surface area contributed by atoms with Crippen LogP contribution in [0.3, 0.4) is 0 Å². The predicted molar refractivity (Wildman–Crippen MR) is 78.1 cm³/mol. The smallest absolute Gasteiger partial charge is 0.330 e. The zero-order valence-electron chi connectivity index (χ0n) is 12.6. The van der Waals surface area contributed by atoms with Crippen LogP contribution in [-0.2, 0) is 21.5 Å². The molecule has 0 fully saturated rings. The van der Waals surface area contributed by atoms with Crippen molar-refractivity contribution in [1.29, 1.82) is 0 Å². The molecule has 1 rings (SSSR count). The van der Waals surface area contributed by atoms with Crippen LogP contribution in [0.1, 0.15) is 45.7 Å². The Morgan fingerprint density at radius 2 is 1.84 bits per heavy atom. The van der Waals surface area contributed by atoms with Gasteiger partial charge in [0, 0.05) is 6.04 Å². The van der Waals surface area contributed by atoms with Crippen molar-refractivity contribution < 1.29 is 9.53 Å². The largest absolute Gasteiger partial charge is 0.464 e. The van der Waals surface area contributed by atoms with Crippen LogP contribution in [0.15, 0.2) is 24.3 Å². The number of rotatable bonds is 6. The first-order valence-electron chi connectivity index (χ1n) is 6.98. The van der Waals surface area contributed by atoms with Crippen LogP contribution in [0.25, 0.3) is 0 Å². The van der Waals surface area contributed by atoms with Crippen LogP contribution in [-0.4, -0.2) is 18.6 Å². The Morgan fingerprint density at radius 1 is 1.26 bits per heavy atom. The molecule has 0 aliphatic heterocycles. The van der Waals surface area contributed by atoms with E-state index in [0.29, 0.717) is 6.61 Å². The van der Waals surface area contributed by atoms with E-state index >= 15 is 0 Å². The minimum absolute atomic E-state index is 0.195. The molecule has 0 amide bonds. The molecule has 3 nitrogen and oxygen atoms in total. The third-order valence-corrected chi connectivity index (χ3v) is 3.20. The summed E-state index contributed by atoms with van der Waals surface area (Å²) in [6.07, 6.45) is 0.994. The number of aryl methyl sites for hydroxylation is 1. The molecule has 1 aromatic rings. The van der Waals surface area contributed by atoms with Crippen LogP contribution in [0.4, 0.5) is 0 Å². The van der Waals surface area contributed by atoms with E-state index in [2.05, 4.69) is 24.4 Å². The summed E-state index contributed by atoms with van der Waals surface area (Å²) in [7, 11) is 0. The maximum Gasteiger partial charge on any atom is 0.330 e. The van der Waals surface area contributed by atoms with Gasteiger partial charge in [-0.1, -0.05) is 31.2 Å². The van der Waals surface area contributed by atoms with Crippen LogP contribution in [0, 0.1) is 0 Å². The molecule has 0 spiro atoms. The van der Waals surface area contributed by atoms with Crippen LogP contribution in [0.2, 0.25) is 0 Å². The second-order valence-electron chi connectivity index (χ2n) is 5.19. The van der Waals surface area contributed by atoms with Gasteiger partial charge in [-0.05, 0) is 45.2 Å². The molecule has 1 N–H and O–H groups in total. The zero-order chi connectivity index (χ0) is 14.5. The van der Waals surface area contributed by atoms with Gasteiger partial charge in [-0.2, -0.15) is 0 Å². The summed E-state index contributed by atoms with van der Waals surface area (Å²) >= 11 is 0. The number of hydrogen-bond acceptors (Lipinski definition) is 3. The summed E-state index contributed by atoms with van der Waals surface area (Å²) in [6, 6.07) is 8.33. The fourth-order valence-electron chi connectivity index (χ4n) is 2.19. The number of carbonyl (C=O) groups is 1. The molecule has 1 aromatic carbocycles. The van der Waals surface area contributed by atoms with Gasteiger partial charge in [0.15, 0.2) is 0 Å². The van der Waals surface area contributed by atoms with Crippen molar-refractivity contribution in [2.75, 3.05) is 6.61 Å². The molecule has 106 valence electrons.